The molecule has 2 aliphatic rings. The van der Waals surface area contributed by atoms with E-state index in [1.165, 1.54) is 17.1 Å². The van der Waals surface area contributed by atoms with Gasteiger partial charge in [0.15, 0.2) is 5.78 Å². The third-order valence-corrected chi connectivity index (χ3v) is 5.65. The number of nitrogens with zero attached hydrogens (tertiary/aromatic N) is 1. The van der Waals surface area contributed by atoms with Crippen LogP contribution in [0.5, 0.6) is 0 Å². The highest BCUT2D eigenvalue weighted by Gasteiger charge is 2.25. The molecule has 158 valence electrons. The van der Waals surface area contributed by atoms with Crippen LogP contribution < -0.4 is 11.1 Å². The third kappa shape index (κ3) is 4.67. The van der Waals surface area contributed by atoms with Gasteiger partial charge in [-0.15, -0.1) is 0 Å². The number of allylic oxidation sites excluding steroid dienone is 1. The van der Waals surface area contributed by atoms with Crippen LogP contribution >= 0.6 is 0 Å². The summed E-state index contributed by atoms with van der Waals surface area (Å²) in [4.78, 5) is 49.1. The second-order valence-corrected chi connectivity index (χ2v) is 7.82. The number of ketones is 1. The lowest BCUT2D eigenvalue weighted by molar-refractivity contribution is -0.136. The number of carbonyl (C=O) groups is 4. The van der Waals surface area contributed by atoms with Gasteiger partial charge in [0.05, 0.1) is 6.42 Å². The van der Waals surface area contributed by atoms with Crippen molar-refractivity contribution in [1.29, 1.82) is 0 Å². The Hall–Kier alpha value is -3.22. The molecule has 0 bridgehead atoms. The highest BCUT2D eigenvalue weighted by atomic mass is 16.2. The van der Waals surface area contributed by atoms with Gasteiger partial charge in [0, 0.05) is 42.9 Å². The number of unbranched alkanes of at least 4 members (excludes halogenated alkanes) is 2. The molecule has 0 spiro atoms. The van der Waals surface area contributed by atoms with Gasteiger partial charge in [0.1, 0.15) is 0 Å². The largest absolute Gasteiger partial charge is 0.399 e. The van der Waals surface area contributed by atoms with Crippen LogP contribution in [0.25, 0.3) is 5.57 Å². The quantitative estimate of drug-likeness (QED) is 0.388. The number of amides is 3. The molecule has 0 atom stereocenters. The minimum absolute atomic E-state index is 0.0352. The molecule has 7 heteroatoms. The molecule has 0 radical (unpaired) electrons. The smallest absolute Gasteiger partial charge is 0.253 e. The van der Waals surface area contributed by atoms with E-state index < -0.39 is 0 Å². The first-order valence-electron chi connectivity index (χ1n) is 10.2. The van der Waals surface area contributed by atoms with Crippen LogP contribution in [0, 0.1) is 6.92 Å². The van der Waals surface area contributed by atoms with E-state index in [-0.39, 0.29) is 36.3 Å². The van der Waals surface area contributed by atoms with Crippen molar-refractivity contribution in [2.24, 2.45) is 0 Å². The zero-order valence-corrected chi connectivity index (χ0v) is 17.4. The Morgan fingerprint density at radius 2 is 1.77 bits per heavy atom. The maximum Gasteiger partial charge on any atom is 0.253 e. The van der Waals surface area contributed by atoms with Crippen molar-refractivity contribution < 1.29 is 19.2 Å². The fourth-order valence-corrected chi connectivity index (χ4v) is 3.82. The molecule has 0 saturated heterocycles. The Morgan fingerprint density at radius 1 is 1.07 bits per heavy atom. The fourth-order valence-electron chi connectivity index (χ4n) is 3.82. The molecular formula is C23H27N3O4. The first-order valence-corrected chi connectivity index (χ1v) is 10.2. The van der Waals surface area contributed by atoms with Gasteiger partial charge < -0.3 is 11.1 Å². The maximum atomic E-state index is 12.5. The second kappa shape index (κ2) is 9.07. The summed E-state index contributed by atoms with van der Waals surface area (Å²) in [7, 11) is 0. The van der Waals surface area contributed by atoms with Crippen LogP contribution in [0.15, 0.2) is 29.9 Å². The van der Waals surface area contributed by atoms with Gasteiger partial charge >= 0.3 is 0 Å². The van der Waals surface area contributed by atoms with Gasteiger partial charge in [-0.1, -0.05) is 0 Å². The van der Waals surface area contributed by atoms with Gasteiger partial charge in [-0.05, 0) is 67.5 Å². The van der Waals surface area contributed by atoms with E-state index in [9.17, 15) is 19.2 Å². The van der Waals surface area contributed by atoms with E-state index in [1.54, 1.807) is 0 Å². The number of Topliss-reactive ketones (excluding diaryl/α,β-unsaturated/α-hetero) is 1. The number of nitrogens with two attached hydrogens (primary N) is 1. The predicted molar refractivity (Wildman–Crippen MR) is 114 cm³/mol. The lowest BCUT2D eigenvalue weighted by Crippen LogP contribution is -2.31. The average Bonchev–Trinajstić information content (AvgIpc) is 3.01. The summed E-state index contributed by atoms with van der Waals surface area (Å²) in [6.07, 6.45) is 5.10. The van der Waals surface area contributed by atoms with Gasteiger partial charge in [-0.25, -0.2) is 0 Å². The molecule has 0 aromatic heterocycles. The van der Waals surface area contributed by atoms with E-state index >= 15 is 0 Å². The number of rotatable bonds is 8. The van der Waals surface area contributed by atoms with Crippen molar-refractivity contribution in [1.82, 2.24) is 10.2 Å². The SMILES string of the molecule is CC1=C(CC(=O)NCCCCCN2C(=O)C=CC2=O)C(=O)Cc2cc(N)c(C)cc21. The number of hydrogen-bond donors (Lipinski definition) is 2. The zero-order chi connectivity index (χ0) is 21.8. The van der Waals surface area contributed by atoms with Crippen molar-refractivity contribution in [3.05, 3.63) is 46.5 Å². The van der Waals surface area contributed by atoms with Crippen molar-refractivity contribution in [2.45, 2.75) is 46.0 Å². The number of aryl methyl sites for hydroxylation is 1. The lowest BCUT2D eigenvalue weighted by atomic mass is 9.83. The molecule has 3 N–H and O–H groups in total. The van der Waals surface area contributed by atoms with Crippen LogP contribution in [-0.4, -0.2) is 41.5 Å². The minimum atomic E-state index is -0.270. The van der Waals surface area contributed by atoms with Gasteiger partial charge in [0.25, 0.3) is 11.8 Å². The monoisotopic (exact) mass is 409 g/mol. The zero-order valence-electron chi connectivity index (χ0n) is 17.4. The molecule has 3 amide bonds. The summed E-state index contributed by atoms with van der Waals surface area (Å²) in [6, 6.07) is 3.83. The highest BCUT2D eigenvalue weighted by molar-refractivity contribution is 6.13. The molecule has 0 fully saturated rings. The van der Waals surface area contributed by atoms with Crippen LogP contribution in [0.3, 0.4) is 0 Å². The molecule has 7 nitrogen and oxygen atoms in total. The van der Waals surface area contributed by atoms with Crippen molar-refractivity contribution >= 4 is 34.8 Å². The van der Waals surface area contributed by atoms with Crippen LogP contribution in [-0.2, 0) is 25.6 Å². The molecule has 1 aliphatic heterocycles. The maximum absolute atomic E-state index is 12.5. The summed E-state index contributed by atoms with van der Waals surface area (Å²) < 4.78 is 0. The molecule has 1 aromatic carbocycles. The standard InChI is InChI=1S/C23H27N3O4/c1-14-10-17-15(2)18(20(27)12-16(17)11-19(14)24)13-21(28)25-8-4-3-5-9-26-22(29)6-7-23(26)30/h6-7,10-11H,3-5,8-9,12-13,24H2,1-2H3,(H,25,28). The molecule has 1 aliphatic carbocycles. The summed E-state index contributed by atoms with van der Waals surface area (Å²) in [5.74, 6) is -0.753. The summed E-state index contributed by atoms with van der Waals surface area (Å²) in [5.41, 5.74) is 10.9. The molecule has 0 unspecified atom stereocenters. The number of imide groups is 1. The molecule has 30 heavy (non-hydrogen) atoms. The average molecular weight is 409 g/mol. The summed E-state index contributed by atoms with van der Waals surface area (Å²) in [5, 5.41) is 2.86. The van der Waals surface area contributed by atoms with Crippen molar-refractivity contribution in [3.63, 3.8) is 0 Å². The van der Waals surface area contributed by atoms with Crippen molar-refractivity contribution in [2.75, 3.05) is 18.8 Å². The first-order chi connectivity index (χ1) is 14.3. The number of carbonyl (C=O) groups excluding carboxylic acids is 4. The Labute approximate surface area is 176 Å². The van der Waals surface area contributed by atoms with Crippen LogP contribution in [0.1, 0.15) is 49.3 Å². The summed E-state index contributed by atoms with van der Waals surface area (Å²) >= 11 is 0. The van der Waals surface area contributed by atoms with E-state index in [0.29, 0.717) is 30.8 Å². The molecule has 1 heterocycles. The van der Waals surface area contributed by atoms with E-state index in [1.807, 2.05) is 26.0 Å². The van der Waals surface area contributed by atoms with E-state index in [2.05, 4.69) is 5.32 Å². The number of nitrogen functional groups attached to an aromatic ring is 1. The van der Waals surface area contributed by atoms with Crippen LogP contribution in [0.4, 0.5) is 5.69 Å². The highest BCUT2D eigenvalue weighted by Crippen LogP contribution is 2.33. The Morgan fingerprint density at radius 3 is 2.47 bits per heavy atom. The normalized spacial score (nSPS) is 15.8. The number of benzene rings is 1. The van der Waals surface area contributed by atoms with Gasteiger partial charge in [-0.2, -0.15) is 0 Å². The van der Waals surface area contributed by atoms with Gasteiger partial charge in [0.2, 0.25) is 5.91 Å². The van der Waals surface area contributed by atoms with E-state index in [0.717, 1.165) is 35.1 Å². The lowest BCUT2D eigenvalue weighted by Gasteiger charge is -2.21. The van der Waals surface area contributed by atoms with Crippen molar-refractivity contribution in [3.8, 4) is 0 Å². The first kappa shape index (κ1) is 21.5. The topological polar surface area (TPSA) is 110 Å². The van der Waals surface area contributed by atoms with Gasteiger partial charge in [-0.3, -0.25) is 24.1 Å². The number of fused-ring (bicyclic) bond motifs is 1. The number of hydrogen-bond acceptors (Lipinski definition) is 5. The fraction of sp³-hybridized carbons (Fsp3) is 0.391. The number of nitrogens with one attached hydrogen (secondary N) is 1. The second-order valence-electron chi connectivity index (χ2n) is 7.82. The Balaban J connectivity index is 1.46. The molecule has 0 saturated carbocycles. The number of anilines is 1. The molecular weight excluding hydrogens is 382 g/mol. The summed E-state index contributed by atoms with van der Waals surface area (Å²) in [6.45, 7) is 4.69. The molecule has 3 rings (SSSR count). The van der Waals surface area contributed by atoms with E-state index in [4.69, 9.17) is 5.73 Å². The Bertz CT molecular complexity index is 957. The Kier molecular flexibility index (Phi) is 6.50. The predicted octanol–water partition coefficient (Wildman–Crippen LogP) is 2.08. The minimum Gasteiger partial charge on any atom is -0.399 e. The third-order valence-electron chi connectivity index (χ3n) is 5.65. The van der Waals surface area contributed by atoms with Crippen LogP contribution in [0.2, 0.25) is 0 Å². The molecule has 1 aromatic rings.